The summed E-state index contributed by atoms with van der Waals surface area (Å²) in [7, 11) is -3.57. The van der Waals surface area contributed by atoms with Gasteiger partial charge in [0, 0.05) is 37.0 Å². The number of urea groups is 1. The zero-order chi connectivity index (χ0) is 24.6. The number of amides is 2. The normalized spacial score (nSPS) is 14.8. The van der Waals surface area contributed by atoms with Crippen molar-refractivity contribution in [1.29, 1.82) is 0 Å². The van der Waals surface area contributed by atoms with Crippen molar-refractivity contribution in [3.63, 3.8) is 0 Å². The summed E-state index contributed by atoms with van der Waals surface area (Å²) in [5.74, 6) is 0.563. The van der Waals surface area contributed by atoms with Crippen LogP contribution in [0, 0.1) is 0 Å². The highest BCUT2D eigenvalue weighted by atomic mass is 32.2. The Bertz CT molecular complexity index is 1080. The monoisotopic (exact) mass is 495 g/mol. The van der Waals surface area contributed by atoms with Crippen molar-refractivity contribution < 1.29 is 27.8 Å². The van der Waals surface area contributed by atoms with Crippen LogP contribution in [-0.2, 0) is 14.6 Å². The number of aromatic nitrogens is 2. The van der Waals surface area contributed by atoms with Gasteiger partial charge in [-0.1, -0.05) is 0 Å². The minimum atomic E-state index is -3.57. The fraction of sp³-hybridized carbons (Fsp3) is 0.500. The van der Waals surface area contributed by atoms with Gasteiger partial charge in [-0.25, -0.2) is 27.6 Å². The number of carbonyl (C=O) groups excluding carboxylic acids is 1. The Morgan fingerprint density at radius 3 is 2.41 bits per heavy atom. The van der Waals surface area contributed by atoms with Crippen LogP contribution in [0.1, 0.15) is 31.4 Å². The summed E-state index contributed by atoms with van der Waals surface area (Å²) < 4.78 is 37.4. The number of aliphatic hydroxyl groups excluding tert-OH is 2. The second-order valence-electron chi connectivity index (χ2n) is 8.00. The summed E-state index contributed by atoms with van der Waals surface area (Å²) in [4.78, 5) is 20.8. The number of sulfone groups is 1. The smallest absolute Gasteiger partial charge is 0.319 e. The number of alkyl halides is 1. The van der Waals surface area contributed by atoms with Crippen LogP contribution in [0.5, 0.6) is 0 Å². The van der Waals surface area contributed by atoms with Gasteiger partial charge in [-0.2, -0.15) is 0 Å². The number of anilines is 2. The molecule has 1 heterocycles. The molecule has 1 saturated carbocycles. The molecule has 0 unspecified atom stereocenters. The van der Waals surface area contributed by atoms with E-state index in [1.807, 2.05) is 0 Å². The largest absolute Gasteiger partial charge is 0.396 e. The third kappa shape index (κ3) is 5.80. The quantitative estimate of drug-likeness (QED) is 0.299. The third-order valence-corrected chi connectivity index (χ3v) is 8.35. The Hall–Kier alpha value is -2.83. The topological polar surface area (TPSA) is 154 Å². The summed E-state index contributed by atoms with van der Waals surface area (Å²) in [6, 6.07) is 7.73. The van der Waals surface area contributed by atoms with Crippen molar-refractivity contribution >= 4 is 27.4 Å². The number of hydrogen-bond donors (Lipinski definition) is 5. The Morgan fingerprint density at radius 2 is 1.82 bits per heavy atom. The van der Waals surface area contributed by atoms with Crippen LogP contribution >= 0.6 is 0 Å². The molecule has 0 saturated heterocycles. The molecule has 1 aliphatic rings. The second kappa shape index (κ2) is 11.5. The zero-order valence-corrected chi connectivity index (χ0v) is 19.6. The number of rotatable bonds is 12. The lowest BCUT2D eigenvalue weighted by molar-refractivity contribution is 0.251. The van der Waals surface area contributed by atoms with Crippen molar-refractivity contribution in [2.24, 2.45) is 0 Å². The van der Waals surface area contributed by atoms with Crippen LogP contribution < -0.4 is 16.0 Å². The predicted molar refractivity (Wildman–Crippen MR) is 127 cm³/mol. The minimum Gasteiger partial charge on any atom is -0.396 e. The van der Waals surface area contributed by atoms with Crippen LogP contribution in [0.2, 0.25) is 0 Å². The standard InChI is InChI=1S/C22H30FN5O5S/c23-9-10-25-21(31)26-17-5-3-16(4-6-17)20-27-18(15-19(28-20)24-11-13-30)22(7-1-8-22)34(32,33)14-2-12-29/h3-6,15,29-30H,1-2,7-14H2,(H,24,27,28)(H2,25,26,31). The molecule has 10 nitrogen and oxygen atoms in total. The van der Waals surface area contributed by atoms with E-state index in [1.165, 1.54) is 0 Å². The van der Waals surface area contributed by atoms with Crippen LogP contribution in [0.4, 0.5) is 20.7 Å². The van der Waals surface area contributed by atoms with Crippen molar-refractivity contribution in [3.05, 3.63) is 36.0 Å². The molecule has 12 heteroatoms. The van der Waals surface area contributed by atoms with E-state index in [1.54, 1.807) is 30.3 Å². The molecule has 0 spiro atoms. The number of hydrogen-bond acceptors (Lipinski definition) is 8. The summed E-state index contributed by atoms with van der Waals surface area (Å²) in [6.45, 7) is -0.850. The van der Waals surface area contributed by atoms with Crippen LogP contribution in [0.25, 0.3) is 11.4 Å². The molecule has 0 atom stereocenters. The maximum Gasteiger partial charge on any atom is 0.319 e. The average Bonchev–Trinajstić information content (AvgIpc) is 2.79. The van der Waals surface area contributed by atoms with E-state index in [4.69, 9.17) is 5.11 Å². The Labute approximate surface area is 197 Å². The Balaban J connectivity index is 1.94. The van der Waals surface area contributed by atoms with Gasteiger partial charge >= 0.3 is 6.03 Å². The van der Waals surface area contributed by atoms with Crippen molar-refractivity contribution in [2.45, 2.75) is 30.4 Å². The molecule has 5 N–H and O–H groups in total. The number of halogens is 1. The highest BCUT2D eigenvalue weighted by molar-refractivity contribution is 7.92. The molecular formula is C22H30FN5O5S. The molecule has 1 aromatic heterocycles. The molecule has 1 aliphatic carbocycles. The molecule has 1 aromatic carbocycles. The molecule has 186 valence electrons. The van der Waals surface area contributed by atoms with E-state index in [9.17, 15) is 22.7 Å². The van der Waals surface area contributed by atoms with Gasteiger partial charge in [-0.15, -0.1) is 0 Å². The molecule has 2 aromatic rings. The van der Waals surface area contributed by atoms with Crippen molar-refractivity contribution in [2.75, 3.05) is 49.4 Å². The summed E-state index contributed by atoms with van der Waals surface area (Å²) in [5, 5.41) is 26.3. The van der Waals surface area contributed by atoms with Crippen molar-refractivity contribution in [1.82, 2.24) is 15.3 Å². The summed E-state index contributed by atoms with van der Waals surface area (Å²) in [6.07, 6.45) is 1.79. The van der Waals surface area contributed by atoms with Gasteiger partial charge in [0.25, 0.3) is 0 Å². The lowest BCUT2D eigenvalue weighted by atomic mass is 9.81. The molecule has 34 heavy (non-hydrogen) atoms. The number of carbonyl (C=O) groups is 1. The average molecular weight is 496 g/mol. The van der Waals surface area contributed by atoms with Gasteiger partial charge in [-0.3, -0.25) is 0 Å². The number of benzene rings is 1. The van der Waals surface area contributed by atoms with Gasteiger partial charge in [0.1, 0.15) is 17.2 Å². The molecule has 2 amide bonds. The fourth-order valence-electron chi connectivity index (χ4n) is 3.80. The van der Waals surface area contributed by atoms with E-state index in [-0.39, 0.29) is 38.5 Å². The fourth-order valence-corrected chi connectivity index (χ4v) is 6.03. The van der Waals surface area contributed by atoms with Crippen LogP contribution in [-0.4, -0.2) is 73.4 Å². The lowest BCUT2D eigenvalue weighted by Crippen LogP contribution is -2.44. The highest BCUT2D eigenvalue weighted by Crippen LogP contribution is 2.48. The van der Waals surface area contributed by atoms with E-state index in [0.29, 0.717) is 41.4 Å². The number of nitrogens with zero attached hydrogens (tertiary/aromatic N) is 2. The first-order valence-corrected chi connectivity index (χ1v) is 12.8. The second-order valence-corrected chi connectivity index (χ2v) is 10.4. The SMILES string of the molecule is O=C(NCCF)Nc1ccc(-c2nc(NCCO)cc(C3(S(=O)(=O)CCCO)CCC3)n2)cc1. The Kier molecular flexibility index (Phi) is 8.75. The van der Waals surface area contributed by atoms with Gasteiger partial charge in [0.05, 0.1) is 18.1 Å². The lowest BCUT2D eigenvalue weighted by Gasteiger charge is -2.40. The molecule has 0 bridgehead atoms. The maximum atomic E-state index is 13.2. The highest BCUT2D eigenvalue weighted by Gasteiger charge is 2.51. The predicted octanol–water partition coefficient (Wildman–Crippen LogP) is 1.82. The molecule has 0 aliphatic heterocycles. The van der Waals surface area contributed by atoms with Gasteiger partial charge in [-0.05, 0) is 49.9 Å². The number of aliphatic hydroxyl groups is 2. The first-order valence-electron chi connectivity index (χ1n) is 11.1. The number of nitrogens with one attached hydrogen (secondary N) is 3. The summed E-state index contributed by atoms with van der Waals surface area (Å²) >= 11 is 0. The van der Waals surface area contributed by atoms with Crippen molar-refractivity contribution in [3.8, 4) is 11.4 Å². The van der Waals surface area contributed by atoms with Gasteiger partial charge in [0.2, 0.25) is 0 Å². The van der Waals surface area contributed by atoms with Crippen LogP contribution in [0.3, 0.4) is 0 Å². The van der Waals surface area contributed by atoms with E-state index in [0.717, 1.165) is 6.42 Å². The van der Waals surface area contributed by atoms with E-state index in [2.05, 4.69) is 25.9 Å². The Morgan fingerprint density at radius 1 is 1.09 bits per heavy atom. The minimum absolute atomic E-state index is 0.0862. The molecule has 3 rings (SSSR count). The molecule has 1 fully saturated rings. The first-order chi connectivity index (χ1) is 16.3. The summed E-state index contributed by atoms with van der Waals surface area (Å²) in [5.41, 5.74) is 1.47. The molecular weight excluding hydrogens is 465 g/mol. The first kappa shape index (κ1) is 25.8. The maximum absolute atomic E-state index is 13.2. The zero-order valence-electron chi connectivity index (χ0n) is 18.8. The van der Waals surface area contributed by atoms with Gasteiger partial charge in [0.15, 0.2) is 15.7 Å². The third-order valence-electron chi connectivity index (χ3n) is 5.72. The molecule has 0 radical (unpaired) electrons. The van der Waals surface area contributed by atoms with Gasteiger partial charge < -0.3 is 26.2 Å². The van der Waals surface area contributed by atoms with E-state index < -0.39 is 27.3 Å². The van der Waals surface area contributed by atoms with Crippen LogP contribution in [0.15, 0.2) is 30.3 Å². The van der Waals surface area contributed by atoms with E-state index >= 15 is 0 Å².